The third-order valence-corrected chi connectivity index (χ3v) is 2.84. The van der Waals surface area contributed by atoms with Gasteiger partial charge in [0, 0.05) is 18.9 Å². The smallest absolute Gasteiger partial charge is 0.275 e. The second-order valence-corrected chi connectivity index (χ2v) is 4.20. The molecule has 0 aliphatic carbocycles. The third-order valence-electron chi connectivity index (χ3n) is 2.84. The van der Waals surface area contributed by atoms with Crippen molar-refractivity contribution in [2.24, 2.45) is 0 Å². The van der Waals surface area contributed by atoms with Crippen LogP contribution in [0.3, 0.4) is 0 Å². The zero-order valence-electron chi connectivity index (χ0n) is 10.6. The summed E-state index contributed by atoms with van der Waals surface area (Å²) >= 11 is 0. The highest BCUT2D eigenvalue weighted by Gasteiger charge is 2.16. The van der Waals surface area contributed by atoms with Gasteiger partial charge in [-0.25, -0.2) is 8.78 Å². The predicted octanol–water partition coefficient (Wildman–Crippen LogP) is 3.19. The number of hydrogen-bond donors (Lipinski definition) is 1. The van der Waals surface area contributed by atoms with Gasteiger partial charge < -0.3 is 5.32 Å². The number of nitrogens with one attached hydrogen (secondary N) is 1. The van der Waals surface area contributed by atoms with Crippen molar-refractivity contribution in [2.45, 2.75) is 13.5 Å². The molecule has 0 aliphatic rings. The van der Waals surface area contributed by atoms with Gasteiger partial charge in [0.25, 0.3) is 5.69 Å². The van der Waals surface area contributed by atoms with E-state index in [1.807, 2.05) is 6.92 Å². The number of pyridine rings is 1. The summed E-state index contributed by atoms with van der Waals surface area (Å²) in [6, 6.07) is 3.14. The first-order chi connectivity index (χ1) is 9.49. The van der Waals surface area contributed by atoms with Gasteiger partial charge in [0.1, 0.15) is 5.69 Å². The molecule has 5 nitrogen and oxygen atoms in total. The average molecular weight is 279 g/mol. The van der Waals surface area contributed by atoms with E-state index >= 15 is 0 Å². The Morgan fingerprint density at radius 1 is 1.35 bits per heavy atom. The molecule has 0 amide bonds. The van der Waals surface area contributed by atoms with E-state index in [1.54, 1.807) is 18.5 Å². The summed E-state index contributed by atoms with van der Waals surface area (Å²) < 4.78 is 27.3. The van der Waals surface area contributed by atoms with Crippen LogP contribution in [0.1, 0.15) is 11.1 Å². The van der Waals surface area contributed by atoms with E-state index in [-0.39, 0.29) is 12.2 Å². The van der Waals surface area contributed by atoms with E-state index in [1.165, 1.54) is 0 Å². The normalized spacial score (nSPS) is 10.3. The molecule has 1 heterocycles. The van der Waals surface area contributed by atoms with Crippen LogP contribution in [0.5, 0.6) is 0 Å². The number of rotatable bonds is 4. The van der Waals surface area contributed by atoms with E-state index in [2.05, 4.69) is 10.3 Å². The van der Waals surface area contributed by atoms with Crippen LogP contribution in [0.15, 0.2) is 30.6 Å². The maximum Gasteiger partial charge on any atom is 0.275 e. The fourth-order valence-electron chi connectivity index (χ4n) is 1.70. The molecule has 0 spiro atoms. The van der Waals surface area contributed by atoms with Gasteiger partial charge in [0.05, 0.1) is 17.1 Å². The van der Waals surface area contributed by atoms with Crippen LogP contribution in [0.2, 0.25) is 0 Å². The van der Waals surface area contributed by atoms with E-state index in [0.717, 1.165) is 11.1 Å². The van der Waals surface area contributed by atoms with Crippen LogP contribution >= 0.6 is 0 Å². The molecule has 104 valence electrons. The standard InChI is InChI=1S/C13H11F2N3O2/c1-8-2-3-16-6-9(8)7-17-13-11(14)4-10(18(19)20)5-12(13)15/h2-6,17H,7H2,1H3. The largest absolute Gasteiger partial charge is 0.376 e. The molecule has 1 aromatic heterocycles. The SMILES string of the molecule is Cc1ccncc1CNc1c(F)cc([N+](=O)[O-])cc1F. The van der Waals surface area contributed by atoms with Gasteiger partial charge in [-0.1, -0.05) is 0 Å². The Kier molecular flexibility index (Phi) is 3.88. The van der Waals surface area contributed by atoms with Gasteiger partial charge in [-0.3, -0.25) is 15.1 Å². The Balaban J connectivity index is 2.22. The van der Waals surface area contributed by atoms with Crippen molar-refractivity contribution in [3.05, 3.63) is 63.5 Å². The van der Waals surface area contributed by atoms with E-state index < -0.39 is 22.2 Å². The zero-order valence-corrected chi connectivity index (χ0v) is 10.6. The molecule has 1 aromatic carbocycles. The van der Waals surface area contributed by atoms with Crippen LogP contribution in [0.25, 0.3) is 0 Å². The predicted molar refractivity (Wildman–Crippen MR) is 69.3 cm³/mol. The van der Waals surface area contributed by atoms with E-state index in [9.17, 15) is 18.9 Å². The molecular weight excluding hydrogens is 268 g/mol. The average Bonchev–Trinajstić information content (AvgIpc) is 2.39. The minimum absolute atomic E-state index is 0.172. The van der Waals surface area contributed by atoms with Gasteiger partial charge in [-0.05, 0) is 24.1 Å². The highest BCUT2D eigenvalue weighted by atomic mass is 19.1. The van der Waals surface area contributed by atoms with Crippen LogP contribution < -0.4 is 5.32 Å². The zero-order chi connectivity index (χ0) is 14.7. The lowest BCUT2D eigenvalue weighted by Crippen LogP contribution is -2.06. The number of nitro benzene ring substituents is 1. The number of benzene rings is 1. The van der Waals surface area contributed by atoms with Crippen LogP contribution in [-0.4, -0.2) is 9.91 Å². The minimum Gasteiger partial charge on any atom is -0.376 e. The molecule has 0 bridgehead atoms. The van der Waals surface area contributed by atoms with Crippen LogP contribution in [-0.2, 0) is 6.54 Å². The molecule has 0 atom stereocenters. The fraction of sp³-hybridized carbons (Fsp3) is 0.154. The van der Waals surface area contributed by atoms with Crippen molar-refractivity contribution >= 4 is 11.4 Å². The molecule has 1 N–H and O–H groups in total. The fourth-order valence-corrected chi connectivity index (χ4v) is 1.70. The summed E-state index contributed by atoms with van der Waals surface area (Å²) in [6.45, 7) is 2.02. The Morgan fingerprint density at radius 3 is 2.55 bits per heavy atom. The highest BCUT2D eigenvalue weighted by Crippen LogP contribution is 2.25. The molecule has 2 rings (SSSR count). The first-order valence-electron chi connectivity index (χ1n) is 5.76. The lowest BCUT2D eigenvalue weighted by Gasteiger charge is -2.10. The summed E-state index contributed by atoms with van der Waals surface area (Å²) in [6.07, 6.45) is 3.20. The Labute approximate surface area is 113 Å². The number of nitro groups is 1. The Bertz CT molecular complexity index is 639. The molecule has 0 saturated heterocycles. The quantitative estimate of drug-likeness (QED) is 0.689. The van der Waals surface area contributed by atoms with Crippen molar-refractivity contribution in [1.29, 1.82) is 0 Å². The maximum absolute atomic E-state index is 13.7. The third kappa shape index (κ3) is 2.87. The summed E-state index contributed by atoms with van der Waals surface area (Å²) in [5, 5.41) is 13.1. The summed E-state index contributed by atoms with van der Waals surface area (Å²) in [7, 11) is 0. The molecule has 0 aliphatic heterocycles. The molecule has 0 radical (unpaired) electrons. The number of non-ortho nitro benzene ring substituents is 1. The van der Waals surface area contributed by atoms with E-state index in [4.69, 9.17) is 0 Å². The molecular formula is C13H11F2N3O2. The first-order valence-corrected chi connectivity index (χ1v) is 5.76. The monoisotopic (exact) mass is 279 g/mol. The number of aromatic nitrogens is 1. The first kappa shape index (κ1) is 13.9. The van der Waals surface area contributed by atoms with Gasteiger partial charge in [-0.2, -0.15) is 0 Å². The molecule has 0 unspecified atom stereocenters. The Hall–Kier alpha value is -2.57. The van der Waals surface area contributed by atoms with Crippen molar-refractivity contribution in [3.63, 3.8) is 0 Å². The van der Waals surface area contributed by atoms with Gasteiger partial charge in [-0.15, -0.1) is 0 Å². The number of anilines is 1. The molecule has 20 heavy (non-hydrogen) atoms. The minimum atomic E-state index is -1.00. The summed E-state index contributed by atoms with van der Waals surface area (Å²) in [4.78, 5) is 13.6. The van der Waals surface area contributed by atoms with Crippen LogP contribution in [0.4, 0.5) is 20.2 Å². The summed E-state index contributed by atoms with van der Waals surface area (Å²) in [5.41, 5.74) is 0.696. The maximum atomic E-state index is 13.7. The second-order valence-electron chi connectivity index (χ2n) is 4.20. The van der Waals surface area contributed by atoms with Crippen molar-refractivity contribution < 1.29 is 13.7 Å². The second kappa shape index (κ2) is 5.60. The van der Waals surface area contributed by atoms with Crippen molar-refractivity contribution in [1.82, 2.24) is 4.98 Å². The van der Waals surface area contributed by atoms with Gasteiger partial charge in [0.15, 0.2) is 11.6 Å². The number of hydrogen-bond acceptors (Lipinski definition) is 4. The van der Waals surface area contributed by atoms with Crippen LogP contribution in [0, 0.1) is 28.7 Å². The molecule has 0 saturated carbocycles. The lowest BCUT2D eigenvalue weighted by atomic mass is 10.1. The van der Waals surface area contributed by atoms with Crippen molar-refractivity contribution in [3.8, 4) is 0 Å². The van der Waals surface area contributed by atoms with E-state index in [0.29, 0.717) is 12.1 Å². The number of halogens is 2. The molecule has 0 fully saturated rings. The number of nitrogens with zero attached hydrogens (tertiary/aromatic N) is 2. The topological polar surface area (TPSA) is 68.1 Å². The molecule has 2 aromatic rings. The van der Waals surface area contributed by atoms with Crippen molar-refractivity contribution in [2.75, 3.05) is 5.32 Å². The Morgan fingerprint density at radius 2 is 2.00 bits per heavy atom. The molecule has 7 heteroatoms. The highest BCUT2D eigenvalue weighted by molar-refractivity contribution is 5.52. The van der Waals surface area contributed by atoms with Gasteiger partial charge in [0.2, 0.25) is 0 Å². The lowest BCUT2D eigenvalue weighted by molar-refractivity contribution is -0.385. The number of aryl methyl sites for hydroxylation is 1. The summed E-state index contributed by atoms with van der Waals surface area (Å²) in [5.74, 6) is -2.00. The van der Waals surface area contributed by atoms with Gasteiger partial charge >= 0.3 is 0 Å².